The number of aryl methyl sites for hydroxylation is 2. The van der Waals surface area contributed by atoms with Crippen LogP contribution in [-0.2, 0) is 6.54 Å². The van der Waals surface area contributed by atoms with E-state index in [4.69, 9.17) is 0 Å². The Morgan fingerprint density at radius 1 is 1.29 bits per heavy atom. The van der Waals surface area contributed by atoms with E-state index in [1.165, 1.54) is 16.7 Å². The maximum Gasteiger partial charge on any atom is 0.0405 e. The lowest BCUT2D eigenvalue weighted by Gasteiger charge is -2.12. The van der Waals surface area contributed by atoms with Crippen molar-refractivity contribution in [2.24, 2.45) is 0 Å². The number of hydrogen-bond acceptors (Lipinski definition) is 1. The minimum atomic E-state index is 0.861. The molecule has 0 aliphatic heterocycles. The van der Waals surface area contributed by atoms with Gasteiger partial charge in [0.1, 0.15) is 0 Å². The molecule has 0 aromatic heterocycles. The largest absolute Gasteiger partial charge is 0.381 e. The van der Waals surface area contributed by atoms with Crippen LogP contribution < -0.4 is 5.32 Å². The van der Waals surface area contributed by atoms with Crippen molar-refractivity contribution in [2.45, 2.75) is 27.3 Å². The molecule has 1 rings (SSSR count). The Hall–Kier alpha value is -1.76. The first kappa shape index (κ1) is 13.3. The van der Waals surface area contributed by atoms with E-state index < -0.39 is 0 Å². The Balaban J connectivity index is 2.73. The molecule has 0 atom stereocenters. The minimum absolute atomic E-state index is 0.861. The van der Waals surface area contributed by atoms with Crippen molar-refractivity contribution in [1.82, 2.24) is 5.32 Å². The van der Waals surface area contributed by atoms with E-state index in [0.717, 1.165) is 12.2 Å². The Kier molecular flexibility index (Phi) is 5.28. The molecule has 0 radical (unpaired) electrons. The quantitative estimate of drug-likeness (QED) is 0.749. The molecule has 90 valence electrons. The highest BCUT2D eigenvalue weighted by Crippen LogP contribution is 2.13. The Bertz CT molecular complexity index is 419. The molecule has 1 aromatic carbocycles. The van der Waals surface area contributed by atoms with E-state index in [1.54, 1.807) is 6.08 Å². The van der Waals surface area contributed by atoms with Crippen LogP contribution in [0.15, 0.2) is 54.8 Å². The molecule has 0 bridgehead atoms. The van der Waals surface area contributed by atoms with E-state index in [9.17, 15) is 0 Å². The summed E-state index contributed by atoms with van der Waals surface area (Å²) in [5.41, 5.74) is 5.16. The van der Waals surface area contributed by atoms with Crippen LogP contribution in [0, 0.1) is 13.8 Å². The predicted molar refractivity (Wildman–Crippen MR) is 75.8 cm³/mol. The Morgan fingerprint density at radius 3 is 2.47 bits per heavy atom. The maximum atomic E-state index is 3.67. The van der Waals surface area contributed by atoms with Gasteiger partial charge < -0.3 is 5.32 Å². The van der Waals surface area contributed by atoms with E-state index in [0.29, 0.717) is 0 Å². The first-order chi connectivity index (χ1) is 8.19. The summed E-state index contributed by atoms with van der Waals surface area (Å²) >= 11 is 0. The molecule has 0 amide bonds. The summed E-state index contributed by atoms with van der Waals surface area (Å²) in [6.07, 6.45) is 7.81. The predicted octanol–water partition coefficient (Wildman–Crippen LogP) is 4.04. The van der Waals surface area contributed by atoms with Crippen LogP contribution in [0.3, 0.4) is 0 Å². The van der Waals surface area contributed by atoms with Gasteiger partial charge in [0.15, 0.2) is 0 Å². The van der Waals surface area contributed by atoms with Crippen LogP contribution in [0.4, 0.5) is 0 Å². The van der Waals surface area contributed by atoms with Gasteiger partial charge in [-0.25, -0.2) is 0 Å². The second kappa shape index (κ2) is 6.74. The van der Waals surface area contributed by atoms with Crippen LogP contribution in [0.2, 0.25) is 0 Å². The molecule has 0 aliphatic rings. The molecule has 0 saturated heterocycles. The summed E-state index contributed by atoms with van der Waals surface area (Å²) in [5, 5.41) is 3.43. The molecule has 0 spiro atoms. The van der Waals surface area contributed by atoms with Gasteiger partial charge in [-0.3, -0.25) is 0 Å². The molecule has 1 heteroatoms. The molecular formula is C16H21N. The fourth-order valence-electron chi connectivity index (χ4n) is 1.75. The van der Waals surface area contributed by atoms with Gasteiger partial charge in [0.2, 0.25) is 0 Å². The molecule has 1 N–H and O–H groups in total. The zero-order valence-electron chi connectivity index (χ0n) is 11.0. The molecular weight excluding hydrogens is 206 g/mol. The van der Waals surface area contributed by atoms with Gasteiger partial charge in [0.25, 0.3) is 0 Å². The van der Waals surface area contributed by atoms with Gasteiger partial charge in [0.05, 0.1) is 0 Å². The Labute approximate surface area is 105 Å². The van der Waals surface area contributed by atoms with Crippen LogP contribution >= 0.6 is 0 Å². The zero-order valence-corrected chi connectivity index (χ0v) is 11.0. The molecule has 0 unspecified atom stereocenters. The number of rotatable bonds is 5. The van der Waals surface area contributed by atoms with Crippen molar-refractivity contribution >= 4 is 0 Å². The highest BCUT2D eigenvalue weighted by Gasteiger charge is 2.01. The smallest absolute Gasteiger partial charge is 0.0405 e. The standard InChI is InChI=1S/C16H21N/c1-5-7-11-15(6-2)17-12-16-13(3)9-8-10-14(16)4/h5-11,17H,1,12H2,2-4H3/b11-7-,15-6+. The van der Waals surface area contributed by atoms with Crippen molar-refractivity contribution in [3.05, 3.63) is 71.5 Å². The highest BCUT2D eigenvalue weighted by molar-refractivity contribution is 5.34. The molecule has 1 nitrogen and oxygen atoms in total. The molecule has 0 heterocycles. The van der Waals surface area contributed by atoms with Crippen molar-refractivity contribution < 1.29 is 0 Å². The first-order valence-electron chi connectivity index (χ1n) is 5.93. The van der Waals surface area contributed by atoms with Crippen LogP contribution in [0.25, 0.3) is 0 Å². The third-order valence-corrected chi connectivity index (χ3v) is 2.84. The zero-order chi connectivity index (χ0) is 12.7. The molecule has 0 aliphatic carbocycles. The van der Waals surface area contributed by atoms with Gasteiger partial charge in [-0.1, -0.05) is 43.0 Å². The monoisotopic (exact) mass is 227 g/mol. The van der Waals surface area contributed by atoms with E-state index >= 15 is 0 Å². The molecule has 0 fully saturated rings. The average Bonchev–Trinajstić information content (AvgIpc) is 2.32. The van der Waals surface area contributed by atoms with Crippen molar-refractivity contribution in [2.75, 3.05) is 0 Å². The number of nitrogens with one attached hydrogen (secondary N) is 1. The van der Waals surface area contributed by atoms with Gasteiger partial charge in [-0.15, -0.1) is 0 Å². The fraction of sp³-hybridized carbons (Fsp3) is 0.250. The molecule has 0 saturated carbocycles. The summed E-state index contributed by atoms with van der Waals surface area (Å²) in [4.78, 5) is 0. The third-order valence-electron chi connectivity index (χ3n) is 2.84. The highest BCUT2D eigenvalue weighted by atomic mass is 14.9. The molecule has 17 heavy (non-hydrogen) atoms. The summed E-state index contributed by atoms with van der Waals surface area (Å²) in [5.74, 6) is 0. The minimum Gasteiger partial charge on any atom is -0.381 e. The first-order valence-corrected chi connectivity index (χ1v) is 5.93. The lowest BCUT2D eigenvalue weighted by molar-refractivity contribution is 0.819. The van der Waals surface area contributed by atoms with Crippen molar-refractivity contribution in [1.29, 1.82) is 0 Å². The second-order valence-corrected chi connectivity index (χ2v) is 4.06. The summed E-state index contributed by atoms with van der Waals surface area (Å²) < 4.78 is 0. The summed E-state index contributed by atoms with van der Waals surface area (Å²) in [6, 6.07) is 6.40. The number of hydrogen-bond donors (Lipinski definition) is 1. The SMILES string of the molecule is C=C/C=C\C(=C/C)NCc1c(C)cccc1C. The van der Waals surface area contributed by atoms with Crippen LogP contribution in [-0.4, -0.2) is 0 Å². The maximum absolute atomic E-state index is 3.67. The van der Waals surface area contributed by atoms with Crippen molar-refractivity contribution in [3.63, 3.8) is 0 Å². The lowest BCUT2D eigenvalue weighted by Crippen LogP contribution is -2.13. The lowest BCUT2D eigenvalue weighted by atomic mass is 10.0. The van der Waals surface area contributed by atoms with E-state index in [1.807, 2.05) is 19.1 Å². The summed E-state index contributed by atoms with van der Waals surface area (Å²) in [7, 11) is 0. The van der Waals surface area contributed by atoms with E-state index in [2.05, 4.69) is 50.0 Å². The van der Waals surface area contributed by atoms with Gasteiger partial charge in [0, 0.05) is 12.2 Å². The van der Waals surface area contributed by atoms with Gasteiger partial charge in [-0.05, 0) is 43.5 Å². The van der Waals surface area contributed by atoms with Gasteiger partial charge >= 0.3 is 0 Å². The van der Waals surface area contributed by atoms with Gasteiger partial charge in [-0.2, -0.15) is 0 Å². The Morgan fingerprint density at radius 2 is 1.94 bits per heavy atom. The van der Waals surface area contributed by atoms with Crippen molar-refractivity contribution in [3.8, 4) is 0 Å². The topological polar surface area (TPSA) is 12.0 Å². The van der Waals surface area contributed by atoms with E-state index in [-0.39, 0.29) is 0 Å². The summed E-state index contributed by atoms with van der Waals surface area (Å²) in [6.45, 7) is 10.9. The number of benzene rings is 1. The number of allylic oxidation sites excluding steroid dienone is 4. The molecule has 1 aromatic rings. The normalized spacial score (nSPS) is 11.8. The fourth-order valence-corrected chi connectivity index (χ4v) is 1.75. The average molecular weight is 227 g/mol. The third kappa shape index (κ3) is 3.95. The second-order valence-electron chi connectivity index (χ2n) is 4.06. The van der Waals surface area contributed by atoms with Crippen LogP contribution in [0.5, 0.6) is 0 Å². The van der Waals surface area contributed by atoms with Crippen LogP contribution in [0.1, 0.15) is 23.6 Å².